The molecule has 2 heteroatoms. The normalized spacial score (nSPS) is 25.1. The van der Waals surface area contributed by atoms with Crippen LogP contribution in [0, 0.1) is 5.92 Å². The fraction of sp³-hybridized carbons (Fsp3) is 0.600. The zero-order chi connectivity index (χ0) is 12.3. The van der Waals surface area contributed by atoms with E-state index in [4.69, 9.17) is 5.73 Å². The van der Waals surface area contributed by atoms with E-state index in [1.807, 2.05) is 12.1 Å². The molecule has 0 heterocycles. The van der Waals surface area contributed by atoms with Crippen molar-refractivity contribution in [1.29, 1.82) is 0 Å². The Morgan fingerprint density at radius 1 is 1.24 bits per heavy atom. The zero-order valence-electron chi connectivity index (χ0n) is 11.0. The number of nitrogens with two attached hydrogens (primary N) is 1. The summed E-state index contributed by atoms with van der Waals surface area (Å²) in [7, 11) is 2.25. The van der Waals surface area contributed by atoms with Crippen molar-refractivity contribution in [1.82, 2.24) is 4.90 Å². The second-order valence-electron chi connectivity index (χ2n) is 5.58. The number of hydrogen-bond donors (Lipinski definition) is 1. The first-order valence-corrected chi connectivity index (χ1v) is 6.70. The van der Waals surface area contributed by atoms with E-state index in [1.54, 1.807) is 0 Å². The molecule has 1 aliphatic carbocycles. The van der Waals surface area contributed by atoms with E-state index in [-0.39, 0.29) is 0 Å². The molecule has 2 nitrogen and oxygen atoms in total. The Bertz CT molecular complexity index is 344. The van der Waals surface area contributed by atoms with Crippen LogP contribution in [0.15, 0.2) is 24.3 Å². The third-order valence-electron chi connectivity index (χ3n) is 3.94. The lowest BCUT2D eigenvalue weighted by Crippen LogP contribution is -2.35. The molecule has 94 valence electrons. The van der Waals surface area contributed by atoms with Crippen molar-refractivity contribution in [2.45, 2.75) is 45.2 Å². The van der Waals surface area contributed by atoms with Gasteiger partial charge in [-0.2, -0.15) is 0 Å². The lowest BCUT2D eigenvalue weighted by molar-refractivity contribution is 0.158. The van der Waals surface area contributed by atoms with Gasteiger partial charge in [0.15, 0.2) is 0 Å². The molecular weight excluding hydrogens is 208 g/mol. The molecule has 0 aromatic heterocycles. The van der Waals surface area contributed by atoms with Gasteiger partial charge in [-0.15, -0.1) is 0 Å². The first kappa shape index (κ1) is 12.4. The van der Waals surface area contributed by atoms with Crippen LogP contribution in [0.1, 0.15) is 38.2 Å². The van der Waals surface area contributed by atoms with Gasteiger partial charge < -0.3 is 5.73 Å². The molecule has 2 rings (SSSR count). The van der Waals surface area contributed by atoms with E-state index < -0.39 is 0 Å². The topological polar surface area (TPSA) is 29.3 Å². The number of rotatable bonds is 3. The SMILES string of the molecule is CC1CCCC(N(C)Cc2ccc(N)cc2)C1. The second-order valence-corrected chi connectivity index (χ2v) is 5.58. The summed E-state index contributed by atoms with van der Waals surface area (Å²) in [5.74, 6) is 0.891. The van der Waals surface area contributed by atoms with Crippen LogP contribution in [0.3, 0.4) is 0 Å². The minimum absolute atomic E-state index is 0.760. The van der Waals surface area contributed by atoms with Gasteiger partial charge in [-0.25, -0.2) is 0 Å². The average Bonchev–Trinajstić information content (AvgIpc) is 2.32. The average molecular weight is 232 g/mol. The standard InChI is InChI=1S/C15H24N2/c1-12-4-3-5-15(10-12)17(2)11-13-6-8-14(16)9-7-13/h6-9,12,15H,3-5,10-11,16H2,1-2H3. The maximum Gasteiger partial charge on any atom is 0.0314 e. The molecule has 0 spiro atoms. The van der Waals surface area contributed by atoms with Crippen molar-refractivity contribution in [3.8, 4) is 0 Å². The van der Waals surface area contributed by atoms with Crippen molar-refractivity contribution in [3.63, 3.8) is 0 Å². The first-order chi connectivity index (χ1) is 8.15. The smallest absolute Gasteiger partial charge is 0.0314 e. The van der Waals surface area contributed by atoms with E-state index in [9.17, 15) is 0 Å². The highest BCUT2D eigenvalue weighted by molar-refractivity contribution is 5.39. The molecule has 2 atom stereocenters. The molecule has 17 heavy (non-hydrogen) atoms. The highest BCUT2D eigenvalue weighted by atomic mass is 15.1. The second kappa shape index (κ2) is 5.54. The minimum Gasteiger partial charge on any atom is -0.399 e. The van der Waals surface area contributed by atoms with Gasteiger partial charge >= 0.3 is 0 Å². The Balaban J connectivity index is 1.91. The predicted octanol–water partition coefficient (Wildman–Crippen LogP) is 3.28. The van der Waals surface area contributed by atoms with Crippen molar-refractivity contribution >= 4 is 5.69 Å². The summed E-state index contributed by atoms with van der Waals surface area (Å²) in [6, 6.07) is 9.02. The van der Waals surface area contributed by atoms with Gasteiger partial charge in [-0.1, -0.05) is 31.9 Å². The van der Waals surface area contributed by atoms with E-state index in [0.29, 0.717) is 0 Å². The number of anilines is 1. The lowest BCUT2D eigenvalue weighted by atomic mass is 9.86. The van der Waals surface area contributed by atoms with Crippen LogP contribution in [0.2, 0.25) is 0 Å². The Morgan fingerprint density at radius 2 is 1.94 bits per heavy atom. The minimum atomic E-state index is 0.760. The summed E-state index contributed by atoms with van der Waals surface area (Å²) in [5.41, 5.74) is 7.92. The van der Waals surface area contributed by atoms with Crippen molar-refractivity contribution in [2.75, 3.05) is 12.8 Å². The van der Waals surface area contributed by atoms with Gasteiger partial charge in [0.2, 0.25) is 0 Å². The van der Waals surface area contributed by atoms with Crippen molar-refractivity contribution in [3.05, 3.63) is 29.8 Å². The summed E-state index contributed by atoms with van der Waals surface area (Å²) >= 11 is 0. The van der Waals surface area contributed by atoms with Crippen LogP contribution in [0.5, 0.6) is 0 Å². The molecule has 1 aliphatic rings. The monoisotopic (exact) mass is 232 g/mol. The molecule has 2 unspecified atom stereocenters. The van der Waals surface area contributed by atoms with Crippen LogP contribution < -0.4 is 5.73 Å². The van der Waals surface area contributed by atoms with Crippen molar-refractivity contribution < 1.29 is 0 Å². The van der Waals surface area contributed by atoms with Gasteiger partial charge in [0, 0.05) is 18.3 Å². The molecule has 0 radical (unpaired) electrons. The van der Waals surface area contributed by atoms with Crippen LogP contribution in [-0.4, -0.2) is 18.0 Å². The Hall–Kier alpha value is -1.02. The Kier molecular flexibility index (Phi) is 4.06. The quantitative estimate of drug-likeness (QED) is 0.810. The van der Waals surface area contributed by atoms with E-state index in [1.165, 1.54) is 31.2 Å². The predicted molar refractivity (Wildman–Crippen MR) is 73.7 cm³/mol. The molecule has 0 saturated heterocycles. The molecule has 2 N–H and O–H groups in total. The molecular formula is C15H24N2. The third-order valence-corrected chi connectivity index (χ3v) is 3.94. The lowest BCUT2D eigenvalue weighted by Gasteiger charge is -2.34. The fourth-order valence-corrected chi connectivity index (χ4v) is 2.84. The zero-order valence-corrected chi connectivity index (χ0v) is 11.0. The van der Waals surface area contributed by atoms with Crippen LogP contribution in [0.25, 0.3) is 0 Å². The number of nitrogen functional groups attached to an aromatic ring is 1. The third kappa shape index (κ3) is 3.47. The molecule has 0 amide bonds. The maximum absolute atomic E-state index is 5.70. The molecule has 1 fully saturated rings. The Labute approximate surface area is 105 Å². The van der Waals surface area contributed by atoms with Gasteiger partial charge in [-0.05, 0) is 43.5 Å². The number of benzene rings is 1. The summed E-state index contributed by atoms with van der Waals surface area (Å²) in [6.07, 6.45) is 5.51. The molecule has 1 saturated carbocycles. The van der Waals surface area contributed by atoms with E-state index >= 15 is 0 Å². The fourth-order valence-electron chi connectivity index (χ4n) is 2.84. The number of nitrogens with zero attached hydrogens (tertiary/aromatic N) is 1. The first-order valence-electron chi connectivity index (χ1n) is 6.70. The molecule has 1 aromatic carbocycles. The maximum atomic E-state index is 5.70. The van der Waals surface area contributed by atoms with Gasteiger partial charge in [-0.3, -0.25) is 4.90 Å². The van der Waals surface area contributed by atoms with E-state index in [2.05, 4.69) is 31.0 Å². The summed E-state index contributed by atoms with van der Waals surface area (Å²) < 4.78 is 0. The van der Waals surface area contributed by atoms with Gasteiger partial charge in [0.05, 0.1) is 0 Å². The Morgan fingerprint density at radius 3 is 2.59 bits per heavy atom. The van der Waals surface area contributed by atoms with Gasteiger partial charge in [0.1, 0.15) is 0 Å². The van der Waals surface area contributed by atoms with E-state index in [0.717, 1.165) is 24.2 Å². The van der Waals surface area contributed by atoms with Crippen molar-refractivity contribution in [2.24, 2.45) is 5.92 Å². The summed E-state index contributed by atoms with van der Waals surface area (Å²) in [5, 5.41) is 0. The van der Waals surface area contributed by atoms with Gasteiger partial charge in [0.25, 0.3) is 0 Å². The molecule has 1 aromatic rings. The molecule has 0 aliphatic heterocycles. The number of hydrogen-bond acceptors (Lipinski definition) is 2. The highest BCUT2D eigenvalue weighted by Crippen LogP contribution is 2.27. The summed E-state index contributed by atoms with van der Waals surface area (Å²) in [6.45, 7) is 3.42. The van der Waals surface area contributed by atoms with Crippen LogP contribution in [0.4, 0.5) is 5.69 Å². The highest BCUT2D eigenvalue weighted by Gasteiger charge is 2.22. The van der Waals surface area contributed by atoms with Crippen LogP contribution >= 0.6 is 0 Å². The van der Waals surface area contributed by atoms with Crippen LogP contribution in [-0.2, 0) is 6.54 Å². The summed E-state index contributed by atoms with van der Waals surface area (Å²) in [4.78, 5) is 2.50. The molecule has 0 bridgehead atoms. The largest absolute Gasteiger partial charge is 0.399 e.